The summed E-state index contributed by atoms with van der Waals surface area (Å²) in [6.45, 7) is 1.04. The maximum Gasteiger partial charge on any atom is 0.164 e. The first-order valence-electron chi connectivity index (χ1n) is 5.70. The molecular formula is C13H17NO2. The highest BCUT2D eigenvalue weighted by molar-refractivity contribution is 5.96. The number of hydrogen-bond acceptors (Lipinski definition) is 3. The first-order chi connectivity index (χ1) is 7.79. The molecule has 86 valence electrons. The summed E-state index contributed by atoms with van der Waals surface area (Å²) in [5, 5.41) is 3.33. The quantitative estimate of drug-likeness (QED) is 0.787. The smallest absolute Gasteiger partial charge is 0.164 e. The van der Waals surface area contributed by atoms with Crippen molar-refractivity contribution in [2.45, 2.75) is 25.3 Å². The van der Waals surface area contributed by atoms with Crippen LogP contribution in [-0.4, -0.2) is 25.5 Å². The molecule has 1 N–H and O–H groups in total. The van der Waals surface area contributed by atoms with Gasteiger partial charge in [0.2, 0.25) is 0 Å². The van der Waals surface area contributed by atoms with Crippen LogP contribution in [0.5, 0.6) is 5.75 Å². The van der Waals surface area contributed by atoms with Crippen LogP contribution in [0, 0.1) is 0 Å². The lowest BCUT2D eigenvalue weighted by atomic mass is 10.0. The monoisotopic (exact) mass is 219 g/mol. The van der Waals surface area contributed by atoms with Crippen LogP contribution in [0.2, 0.25) is 0 Å². The fourth-order valence-corrected chi connectivity index (χ4v) is 2.07. The molecule has 0 amide bonds. The summed E-state index contributed by atoms with van der Waals surface area (Å²) in [4.78, 5) is 12.0. The minimum atomic E-state index is 0.193. The molecule has 1 aromatic rings. The molecule has 0 spiro atoms. The second-order valence-electron chi connectivity index (χ2n) is 4.15. The minimum Gasteiger partial charge on any atom is -0.497 e. The predicted octanol–water partition coefficient (Wildman–Crippen LogP) is 2.02. The van der Waals surface area contributed by atoms with E-state index in [1.165, 1.54) is 6.42 Å². The Kier molecular flexibility index (Phi) is 3.57. The normalized spacial score (nSPS) is 19.7. The third kappa shape index (κ3) is 2.61. The van der Waals surface area contributed by atoms with Crippen molar-refractivity contribution in [2.75, 3.05) is 13.7 Å². The summed E-state index contributed by atoms with van der Waals surface area (Å²) < 4.78 is 5.11. The van der Waals surface area contributed by atoms with Crippen LogP contribution in [0.15, 0.2) is 24.3 Å². The van der Waals surface area contributed by atoms with Crippen LogP contribution in [-0.2, 0) is 0 Å². The number of rotatable bonds is 4. The van der Waals surface area contributed by atoms with Gasteiger partial charge in [0.15, 0.2) is 5.78 Å². The third-order valence-electron chi connectivity index (χ3n) is 2.99. The molecule has 1 atom stereocenters. The molecule has 1 aromatic carbocycles. The lowest BCUT2D eigenvalue weighted by Crippen LogP contribution is -2.24. The lowest BCUT2D eigenvalue weighted by molar-refractivity contribution is 0.0971. The van der Waals surface area contributed by atoms with E-state index in [-0.39, 0.29) is 5.78 Å². The number of ether oxygens (including phenoxy) is 1. The van der Waals surface area contributed by atoms with Crippen molar-refractivity contribution in [3.8, 4) is 5.75 Å². The van der Waals surface area contributed by atoms with Gasteiger partial charge >= 0.3 is 0 Å². The minimum absolute atomic E-state index is 0.193. The number of hydrogen-bond donors (Lipinski definition) is 1. The fraction of sp³-hybridized carbons (Fsp3) is 0.462. The van der Waals surface area contributed by atoms with Gasteiger partial charge in [0, 0.05) is 18.0 Å². The van der Waals surface area contributed by atoms with Crippen molar-refractivity contribution in [3.05, 3.63) is 29.8 Å². The maximum atomic E-state index is 12.0. The zero-order valence-corrected chi connectivity index (χ0v) is 9.53. The van der Waals surface area contributed by atoms with Gasteiger partial charge in [-0.05, 0) is 31.5 Å². The van der Waals surface area contributed by atoms with Gasteiger partial charge < -0.3 is 10.1 Å². The Bertz CT molecular complexity index is 370. The Morgan fingerprint density at radius 2 is 2.44 bits per heavy atom. The van der Waals surface area contributed by atoms with Crippen molar-refractivity contribution < 1.29 is 9.53 Å². The van der Waals surface area contributed by atoms with Gasteiger partial charge in [-0.25, -0.2) is 0 Å². The highest BCUT2D eigenvalue weighted by Gasteiger charge is 2.18. The van der Waals surface area contributed by atoms with E-state index in [1.54, 1.807) is 13.2 Å². The van der Waals surface area contributed by atoms with E-state index in [0.29, 0.717) is 12.5 Å². The fourth-order valence-electron chi connectivity index (χ4n) is 2.07. The first-order valence-corrected chi connectivity index (χ1v) is 5.70. The van der Waals surface area contributed by atoms with Gasteiger partial charge in [-0.1, -0.05) is 12.1 Å². The Hall–Kier alpha value is -1.35. The molecule has 1 saturated heterocycles. The molecule has 3 heteroatoms. The molecule has 0 radical (unpaired) electrons. The SMILES string of the molecule is COc1cccc(C(=O)CC2CCCN2)c1. The summed E-state index contributed by atoms with van der Waals surface area (Å²) in [6, 6.07) is 7.72. The number of methoxy groups -OCH3 is 1. The number of nitrogens with one attached hydrogen (secondary N) is 1. The molecular weight excluding hydrogens is 202 g/mol. The van der Waals surface area contributed by atoms with E-state index >= 15 is 0 Å². The maximum absolute atomic E-state index is 12.0. The number of carbonyl (C=O) groups excluding carboxylic acids is 1. The Balaban J connectivity index is 2.01. The van der Waals surface area contributed by atoms with E-state index in [4.69, 9.17) is 4.74 Å². The average Bonchev–Trinajstić information content (AvgIpc) is 2.82. The number of Topliss-reactive ketones (excluding diaryl/α,β-unsaturated/α-hetero) is 1. The molecule has 3 nitrogen and oxygen atoms in total. The number of carbonyl (C=O) groups is 1. The van der Waals surface area contributed by atoms with Crippen molar-refractivity contribution in [2.24, 2.45) is 0 Å². The molecule has 1 aliphatic rings. The predicted molar refractivity (Wildman–Crippen MR) is 63.0 cm³/mol. The molecule has 1 unspecified atom stereocenters. The molecule has 1 heterocycles. The van der Waals surface area contributed by atoms with E-state index in [2.05, 4.69) is 5.32 Å². The van der Waals surface area contributed by atoms with Crippen molar-refractivity contribution in [1.29, 1.82) is 0 Å². The summed E-state index contributed by atoms with van der Waals surface area (Å²) in [6.07, 6.45) is 2.87. The third-order valence-corrected chi connectivity index (χ3v) is 2.99. The topological polar surface area (TPSA) is 38.3 Å². The van der Waals surface area contributed by atoms with E-state index in [1.807, 2.05) is 18.2 Å². The first kappa shape index (κ1) is 11.1. The van der Waals surface area contributed by atoms with Gasteiger partial charge in [0.05, 0.1) is 7.11 Å². The standard InChI is InChI=1S/C13H17NO2/c1-16-12-6-2-4-10(8-12)13(15)9-11-5-3-7-14-11/h2,4,6,8,11,14H,3,5,7,9H2,1H3. The van der Waals surface area contributed by atoms with Gasteiger partial charge in [0.25, 0.3) is 0 Å². The van der Waals surface area contributed by atoms with Crippen LogP contribution in [0.1, 0.15) is 29.6 Å². The van der Waals surface area contributed by atoms with Crippen LogP contribution >= 0.6 is 0 Å². The molecule has 0 aromatic heterocycles. The van der Waals surface area contributed by atoms with Crippen LogP contribution < -0.4 is 10.1 Å². The second-order valence-corrected chi connectivity index (χ2v) is 4.15. The van der Waals surface area contributed by atoms with E-state index in [0.717, 1.165) is 24.3 Å². The zero-order chi connectivity index (χ0) is 11.4. The van der Waals surface area contributed by atoms with Crippen molar-refractivity contribution in [3.63, 3.8) is 0 Å². The van der Waals surface area contributed by atoms with E-state index < -0.39 is 0 Å². The largest absolute Gasteiger partial charge is 0.497 e. The average molecular weight is 219 g/mol. The molecule has 1 aliphatic heterocycles. The second kappa shape index (κ2) is 5.12. The molecule has 16 heavy (non-hydrogen) atoms. The van der Waals surface area contributed by atoms with Gasteiger partial charge in [-0.15, -0.1) is 0 Å². The number of benzene rings is 1. The van der Waals surface area contributed by atoms with Crippen molar-refractivity contribution in [1.82, 2.24) is 5.32 Å². The summed E-state index contributed by atoms with van der Waals surface area (Å²) in [7, 11) is 1.61. The van der Waals surface area contributed by atoms with Crippen LogP contribution in [0.25, 0.3) is 0 Å². The molecule has 0 bridgehead atoms. The van der Waals surface area contributed by atoms with Crippen LogP contribution in [0.4, 0.5) is 0 Å². The van der Waals surface area contributed by atoms with Gasteiger partial charge in [0.1, 0.15) is 5.75 Å². The highest BCUT2D eigenvalue weighted by atomic mass is 16.5. The Morgan fingerprint density at radius 3 is 3.12 bits per heavy atom. The summed E-state index contributed by atoms with van der Waals surface area (Å²) in [5.74, 6) is 0.934. The Morgan fingerprint density at radius 1 is 1.56 bits per heavy atom. The van der Waals surface area contributed by atoms with Crippen LogP contribution in [0.3, 0.4) is 0 Å². The highest BCUT2D eigenvalue weighted by Crippen LogP contribution is 2.17. The molecule has 0 aliphatic carbocycles. The van der Waals surface area contributed by atoms with E-state index in [9.17, 15) is 4.79 Å². The summed E-state index contributed by atoms with van der Waals surface area (Å²) >= 11 is 0. The van der Waals surface area contributed by atoms with Gasteiger partial charge in [-0.3, -0.25) is 4.79 Å². The lowest BCUT2D eigenvalue weighted by Gasteiger charge is -2.09. The zero-order valence-electron chi connectivity index (χ0n) is 9.53. The van der Waals surface area contributed by atoms with Gasteiger partial charge in [-0.2, -0.15) is 0 Å². The Labute approximate surface area is 95.8 Å². The number of ketones is 1. The molecule has 1 fully saturated rings. The molecule has 0 saturated carbocycles. The van der Waals surface area contributed by atoms with Crippen molar-refractivity contribution >= 4 is 5.78 Å². The molecule has 2 rings (SSSR count). The summed E-state index contributed by atoms with van der Waals surface area (Å²) in [5.41, 5.74) is 0.744.